The van der Waals surface area contributed by atoms with Gasteiger partial charge in [-0.3, -0.25) is 0 Å². The minimum atomic E-state index is -3.50. The number of sulfonamides is 1. The fraction of sp³-hybridized carbons (Fsp3) is 0.250. The summed E-state index contributed by atoms with van der Waals surface area (Å²) in [6, 6.07) is 11.0. The molecular weight excluding hydrogens is 352 g/mol. The summed E-state index contributed by atoms with van der Waals surface area (Å²) in [4.78, 5) is 3.12. The number of thiophene rings is 1. The molecular formula is C16H19ClN2O2S2. The molecule has 0 aliphatic rings. The molecule has 1 unspecified atom stereocenters. The summed E-state index contributed by atoms with van der Waals surface area (Å²) < 4.78 is 26.9. The van der Waals surface area contributed by atoms with Crippen LogP contribution in [0.25, 0.3) is 6.08 Å². The second-order valence-electron chi connectivity index (χ2n) is 5.24. The van der Waals surface area contributed by atoms with Crippen LogP contribution in [0.1, 0.15) is 16.5 Å². The summed E-state index contributed by atoms with van der Waals surface area (Å²) in [6.07, 6.45) is 1.55. The van der Waals surface area contributed by atoms with Crippen molar-refractivity contribution in [2.45, 2.75) is 6.04 Å². The van der Waals surface area contributed by atoms with Crippen molar-refractivity contribution in [3.63, 3.8) is 0 Å². The largest absolute Gasteiger partial charge is 0.300 e. The molecule has 0 aliphatic carbocycles. The van der Waals surface area contributed by atoms with Gasteiger partial charge in [0, 0.05) is 21.9 Å². The number of hydrogen-bond acceptors (Lipinski definition) is 4. The zero-order valence-corrected chi connectivity index (χ0v) is 15.3. The molecule has 23 heavy (non-hydrogen) atoms. The monoisotopic (exact) mass is 370 g/mol. The summed E-state index contributed by atoms with van der Waals surface area (Å²) in [6.45, 7) is 0.320. The molecule has 1 aromatic carbocycles. The lowest BCUT2D eigenvalue weighted by molar-refractivity contribution is 0.304. The Morgan fingerprint density at radius 1 is 1.26 bits per heavy atom. The van der Waals surface area contributed by atoms with Gasteiger partial charge in [-0.2, -0.15) is 0 Å². The fourth-order valence-electron chi connectivity index (χ4n) is 2.00. The summed E-state index contributed by atoms with van der Waals surface area (Å²) in [7, 11) is 0.370. The van der Waals surface area contributed by atoms with Gasteiger partial charge in [0.1, 0.15) is 0 Å². The van der Waals surface area contributed by atoms with Crippen molar-refractivity contribution in [2.75, 3.05) is 20.6 Å². The molecule has 0 fully saturated rings. The number of hydrogen-bond donors (Lipinski definition) is 1. The van der Waals surface area contributed by atoms with Crippen LogP contribution in [0, 0.1) is 0 Å². The van der Waals surface area contributed by atoms with Crippen LogP contribution in [0.3, 0.4) is 0 Å². The Morgan fingerprint density at radius 3 is 2.52 bits per heavy atom. The second kappa shape index (κ2) is 8.08. The number of rotatable bonds is 7. The SMILES string of the molecule is CN(C)C(CNS(=O)(=O)/C=C/c1ccc(Cl)cc1)c1cccs1. The molecule has 0 saturated heterocycles. The van der Waals surface area contributed by atoms with Gasteiger partial charge in [-0.1, -0.05) is 29.8 Å². The molecule has 1 aromatic heterocycles. The maximum Gasteiger partial charge on any atom is 0.233 e. The van der Waals surface area contributed by atoms with Gasteiger partial charge in [-0.05, 0) is 49.3 Å². The summed E-state index contributed by atoms with van der Waals surface area (Å²) in [5, 5.41) is 3.78. The Bertz CT molecular complexity index is 739. The van der Waals surface area contributed by atoms with Gasteiger partial charge in [0.05, 0.1) is 6.04 Å². The predicted molar refractivity (Wildman–Crippen MR) is 98.2 cm³/mol. The Labute approximate surface area is 146 Å². The second-order valence-corrected chi connectivity index (χ2v) is 8.31. The fourth-order valence-corrected chi connectivity index (χ4v) is 3.88. The Hall–Kier alpha value is -1.18. The first-order valence-corrected chi connectivity index (χ1v) is 9.81. The number of likely N-dealkylation sites (N-methyl/N-ethyl adjacent to an activating group) is 1. The molecule has 2 rings (SSSR count). The van der Waals surface area contributed by atoms with Crippen molar-refractivity contribution in [2.24, 2.45) is 0 Å². The van der Waals surface area contributed by atoms with Gasteiger partial charge in [0.25, 0.3) is 0 Å². The normalized spacial score (nSPS) is 13.7. The smallest absolute Gasteiger partial charge is 0.233 e. The Kier molecular flexibility index (Phi) is 6.38. The minimum Gasteiger partial charge on any atom is -0.300 e. The first-order chi connectivity index (χ1) is 10.9. The van der Waals surface area contributed by atoms with Crippen LogP contribution < -0.4 is 4.72 Å². The quantitative estimate of drug-likeness (QED) is 0.810. The van der Waals surface area contributed by atoms with Gasteiger partial charge in [0.15, 0.2) is 0 Å². The highest BCUT2D eigenvalue weighted by Crippen LogP contribution is 2.22. The average Bonchev–Trinajstić information content (AvgIpc) is 3.00. The van der Waals surface area contributed by atoms with E-state index < -0.39 is 10.0 Å². The van der Waals surface area contributed by atoms with E-state index in [4.69, 9.17) is 11.6 Å². The molecule has 0 bridgehead atoms. The first kappa shape index (κ1) is 18.2. The van der Waals surface area contributed by atoms with E-state index in [1.54, 1.807) is 41.7 Å². The Morgan fingerprint density at radius 2 is 1.96 bits per heavy atom. The van der Waals surface area contributed by atoms with Crippen molar-refractivity contribution < 1.29 is 8.42 Å². The van der Waals surface area contributed by atoms with Crippen LogP contribution in [0.2, 0.25) is 5.02 Å². The maximum atomic E-state index is 12.1. The molecule has 0 saturated carbocycles. The number of nitrogens with zero attached hydrogens (tertiary/aromatic N) is 1. The van der Waals surface area contributed by atoms with E-state index >= 15 is 0 Å². The van der Waals surface area contributed by atoms with Crippen LogP contribution in [0.15, 0.2) is 47.2 Å². The topological polar surface area (TPSA) is 49.4 Å². The lowest BCUT2D eigenvalue weighted by atomic mass is 10.2. The van der Waals surface area contributed by atoms with Gasteiger partial charge >= 0.3 is 0 Å². The number of benzene rings is 1. The van der Waals surface area contributed by atoms with Gasteiger partial charge < -0.3 is 4.90 Å². The van der Waals surface area contributed by atoms with Crippen LogP contribution in [0.5, 0.6) is 0 Å². The molecule has 7 heteroatoms. The summed E-state index contributed by atoms with van der Waals surface area (Å²) in [5.41, 5.74) is 0.780. The number of halogens is 1. The van der Waals surface area contributed by atoms with E-state index in [-0.39, 0.29) is 6.04 Å². The third-order valence-corrected chi connectivity index (χ3v) is 5.57. The van der Waals surface area contributed by atoms with Crippen LogP contribution in [-0.4, -0.2) is 34.0 Å². The van der Waals surface area contributed by atoms with Gasteiger partial charge in [-0.25, -0.2) is 13.1 Å². The average molecular weight is 371 g/mol. The lowest BCUT2D eigenvalue weighted by Crippen LogP contribution is -2.33. The minimum absolute atomic E-state index is 0.00806. The van der Waals surface area contributed by atoms with E-state index in [2.05, 4.69) is 4.72 Å². The van der Waals surface area contributed by atoms with Crippen molar-refractivity contribution in [3.8, 4) is 0 Å². The highest BCUT2D eigenvalue weighted by Gasteiger charge is 2.17. The molecule has 0 amide bonds. The maximum absolute atomic E-state index is 12.1. The first-order valence-electron chi connectivity index (χ1n) is 7.00. The van der Waals surface area contributed by atoms with Gasteiger partial charge in [0.2, 0.25) is 10.0 Å². The van der Waals surface area contributed by atoms with Crippen LogP contribution in [-0.2, 0) is 10.0 Å². The molecule has 1 atom stereocenters. The number of nitrogens with one attached hydrogen (secondary N) is 1. The highest BCUT2D eigenvalue weighted by molar-refractivity contribution is 7.92. The zero-order chi connectivity index (χ0) is 16.9. The third kappa shape index (κ3) is 5.75. The van der Waals surface area contributed by atoms with E-state index in [9.17, 15) is 8.42 Å². The molecule has 1 N–H and O–H groups in total. The molecule has 0 aliphatic heterocycles. The molecule has 1 heterocycles. The van der Waals surface area contributed by atoms with Crippen molar-refractivity contribution >= 4 is 39.0 Å². The van der Waals surface area contributed by atoms with Crippen molar-refractivity contribution in [1.82, 2.24) is 9.62 Å². The molecule has 0 spiro atoms. The molecule has 4 nitrogen and oxygen atoms in total. The van der Waals surface area contributed by atoms with Crippen molar-refractivity contribution in [3.05, 3.63) is 62.6 Å². The molecule has 124 valence electrons. The van der Waals surface area contributed by atoms with Crippen molar-refractivity contribution in [1.29, 1.82) is 0 Å². The zero-order valence-electron chi connectivity index (χ0n) is 12.9. The standard InChI is InChI=1S/C16H19ClN2O2S2/c1-19(2)15(16-4-3-10-22-16)12-18-23(20,21)11-9-13-5-7-14(17)8-6-13/h3-11,15,18H,12H2,1-2H3/b11-9+. The van der Waals surface area contributed by atoms with Gasteiger partial charge in [-0.15, -0.1) is 11.3 Å². The Balaban J connectivity index is 2.01. The summed E-state index contributed by atoms with van der Waals surface area (Å²) >= 11 is 7.42. The van der Waals surface area contributed by atoms with Crippen LogP contribution >= 0.6 is 22.9 Å². The lowest BCUT2D eigenvalue weighted by Gasteiger charge is -2.23. The van der Waals surface area contributed by atoms with Crippen LogP contribution in [0.4, 0.5) is 0 Å². The van der Waals surface area contributed by atoms with E-state index in [1.165, 1.54) is 5.41 Å². The predicted octanol–water partition coefficient (Wildman–Crippen LogP) is 3.59. The summed E-state index contributed by atoms with van der Waals surface area (Å²) in [5.74, 6) is 0. The third-order valence-electron chi connectivity index (χ3n) is 3.28. The van der Waals surface area contributed by atoms with E-state index in [0.29, 0.717) is 11.6 Å². The van der Waals surface area contributed by atoms with E-state index in [1.807, 2.05) is 36.5 Å². The molecule has 0 radical (unpaired) electrons. The molecule has 2 aromatic rings. The highest BCUT2D eigenvalue weighted by atomic mass is 35.5. The van der Waals surface area contributed by atoms with E-state index in [0.717, 1.165) is 10.4 Å².